The lowest BCUT2D eigenvalue weighted by Gasteiger charge is -2.12. The van der Waals surface area contributed by atoms with Gasteiger partial charge in [0.05, 0.1) is 6.10 Å². The van der Waals surface area contributed by atoms with Gasteiger partial charge in [-0.15, -0.1) is 0 Å². The van der Waals surface area contributed by atoms with Crippen molar-refractivity contribution in [2.24, 2.45) is 0 Å². The van der Waals surface area contributed by atoms with Crippen LogP contribution in [0.3, 0.4) is 0 Å². The van der Waals surface area contributed by atoms with Crippen molar-refractivity contribution in [1.82, 2.24) is 0 Å². The van der Waals surface area contributed by atoms with E-state index in [1.54, 1.807) is 6.07 Å². The minimum atomic E-state index is -0.385. The third kappa shape index (κ3) is 8.44. The van der Waals surface area contributed by atoms with Gasteiger partial charge in [-0.2, -0.15) is 0 Å². The number of halogens is 1. The highest BCUT2D eigenvalue weighted by Gasteiger charge is 2.05. The van der Waals surface area contributed by atoms with Gasteiger partial charge in [0, 0.05) is 5.02 Å². The molecule has 0 heterocycles. The second-order valence-corrected chi connectivity index (χ2v) is 5.77. The van der Waals surface area contributed by atoms with Crippen molar-refractivity contribution in [3.05, 3.63) is 29.3 Å². The van der Waals surface area contributed by atoms with Crippen LogP contribution in [0.15, 0.2) is 24.3 Å². The molecule has 0 saturated carbocycles. The van der Waals surface area contributed by atoms with E-state index in [0.717, 1.165) is 18.6 Å². The third-order valence-electron chi connectivity index (χ3n) is 3.38. The van der Waals surface area contributed by atoms with E-state index in [1.807, 2.05) is 18.2 Å². The quantitative estimate of drug-likeness (QED) is 0.567. The van der Waals surface area contributed by atoms with E-state index in [4.69, 9.17) is 16.3 Å². The monoisotopic (exact) mass is 298 g/mol. The molecule has 0 radical (unpaired) electrons. The van der Waals surface area contributed by atoms with Crippen molar-refractivity contribution in [1.29, 1.82) is 0 Å². The topological polar surface area (TPSA) is 29.5 Å². The molecule has 0 aliphatic heterocycles. The van der Waals surface area contributed by atoms with Crippen molar-refractivity contribution in [2.75, 3.05) is 6.61 Å². The molecule has 0 amide bonds. The Morgan fingerprint density at radius 3 is 2.50 bits per heavy atom. The summed E-state index contributed by atoms with van der Waals surface area (Å²) >= 11 is 5.87. The average molecular weight is 299 g/mol. The fourth-order valence-corrected chi connectivity index (χ4v) is 2.35. The molecule has 0 saturated heterocycles. The fourth-order valence-electron chi connectivity index (χ4n) is 2.17. The Morgan fingerprint density at radius 2 is 1.80 bits per heavy atom. The average Bonchev–Trinajstić information content (AvgIpc) is 2.44. The number of rotatable bonds is 11. The molecule has 2 nitrogen and oxygen atoms in total. The number of ether oxygens (including phenoxy) is 1. The van der Waals surface area contributed by atoms with Crippen molar-refractivity contribution < 1.29 is 9.84 Å². The van der Waals surface area contributed by atoms with E-state index in [-0.39, 0.29) is 6.10 Å². The summed E-state index contributed by atoms with van der Waals surface area (Å²) in [5, 5.41) is 10.5. The number of benzene rings is 1. The van der Waals surface area contributed by atoms with Gasteiger partial charge in [-0.3, -0.25) is 0 Å². The number of hydrogen-bond donors (Lipinski definition) is 1. The predicted octanol–water partition coefficient (Wildman–Crippen LogP) is 5.22. The summed E-state index contributed by atoms with van der Waals surface area (Å²) < 4.78 is 5.52. The van der Waals surface area contributed by atoms with Crippen LogP contribution < -0.4 is 4.74 Å². The molecule has 1 rings (SSSR count). The van der Waals surface area contributed by atoms with Gasteiger partial charge in [-0.25, -0.2) is 0 Å². The maximum atomic E-state index is 9.86. The Morgan fingerprint density at radius 1 is 1.10 bits per heavy atom. The SMILES string of the molecule is CCCCCCCCCC(O)COc1cccc(Cl)c1. The van der Waals surface area contributed by atoms with Gasteiger partial charge in [-0.05, 0) is 24.6 Å². The second-order valence-electron chi connectivity index (χ2n) is 5.33. The molecular weight excluding hydrogens is 272 g/mol. The van der Waals surface area contributed by atoms with Gasteiger partial charge in [0.15, 0.2) is 0 Å². The van der Waals surface area contributed by atoms with Crippen molar-refractivity contribution >= 4 is 11.6 Å². The van der Waals surface area contributed by atoms with E-state index in [0.29, 0.717) is 11.6 Å². The molecule has 20 heavy (non-hydrogen) atoms. The zero-order chi connectivity index (χ0) is 14.6. The molecule has 1 N–H and O–H groups in total. The standard InChI is InChI=1S/C17H27ClO2/c1-2-3-4-5-6-7-8-11-16(19)14-20-17-12-9-10-15(18)13-17/h9-10,12-13,16,19H,2-8,11,14H2,1H3. The van der Waals surface area contributed by atoms with Gasteiger partial charge >= 0.3 is 0 Å². The van der Waals surface area contributed by atoms with Gasteiger partial charge in [-0.1, -0.05) is 69.5 Å². The lowest BCUT2D eigenvalue weighted by atomic mass is 10.1. The van der Waals surface area contributed by atoms with Crippen LogP contribution in [0.5, 0.6) is 5.75 Å². The van der Waals surface area contributed by atoms with Crippen LogP contribution in [0.2, 0.25) is 5.02 Å². The molecule has 1 unspecified atom stereocenters. The van der Waals surface area contributed by atoms with Crippen LogP contribution in [0, 0.1) is 0 Å². The van der Waals surface area contributed by atoms with E-state index in [2.05, 4.69) is 6.92 Å². The summed E-state index contributed by atoms with van der Waals surface area (Å²) in [5.74, 6) is 0.719. The summed E-state index contributed by atoms with van der Waals surface area (Å²) in [6.45, 7) is 2.58. The van der Waals surface area contributed by atoms with Gasteiger partial charge in [0.1, 0.15) is 12.4 Å². The number of aliphatic hydroxyl groups excluding tert-OH is 1. The van der Waals surface area contributed by atoms with Crippen LogP contribution >= 0.6 is 11.6 Å². The molecule has 0 aliphatic carbocycles. The molecule has 0 fully saturated rings. The van der Waals surface area contributed by atoms with Crippen LogP contribution in [0.1, 0.15) is 58.3 Å². The molecule has 0 spiro atoms. The van der Waals surface area contributed by atoms with Gasteiger partial charge in [0.25, 0.3) is 0 Å². The Bertz CT molecular complexity index is 355. The van der Waals surface area contributed by atoms with Crippen LogP contribution in [0.4, 0.5) is 0 Å². The maximum Gasteiger partial charge on any atom is 0.120 e. The minimum absolute atomic E-state index is 0.343. The summed E-state index contributed by atoms with van der Waals surface area (Å²) in [4.78, 5) is 0. The van der Waals surface area contributed by atoms with E-state index >= 15 is 0 Å². The Hall–Kier alpha value is -0.730. The molecule has 1 aromatic carbocycles. The minimum Gasteiger partial charge on any atom is -0.491 e. The van der Waals surface area contributed by atoms with E-state index in [9.17, 15) is 5.11 Å². The molecule has 0 bridgehead atoms. The highest BCUT2D eigenvalue weighted by molar-refractivity contribution is 6.30. The first kappa shape index (κ1) is 17.3. The summed E-state index contributed by atoms with van der Waals surface area (Å²) in [6.07, 6.45) is 9.29. The third-order valence-corrected chi connectivity index (χ3v) is 3.61. The van der Waals surface area contributed by atoms with Gasteiger partial charge in [0.2, 0.25) is 0 Å². The van der Waals surface area contributed by atoms with Crippen LogP contribution in [-0.2, 0) is 0 Å². The fraction of sp³-hybridized carbons (Fsp3) is 0.647. The molecule has 3 heteroatoms. The van der Waals surface area contributed by atoms with Crippen molar-refractivity contribution in [3.8, 4) is 5.75 Å². The summed E-state index contributed by atoms with van der Waals surface area (Å²) in [7, 11) is 0. The Kier molecular flexibility index (Phi) is 9.52. The summed E-state index contributed by atoms with van der Waals surface area (Å²) in [5.41, 5.74) is 0. The summed E-state index contributed by atoms with van der Waals surface area (Å²) in [6, 6.07) is 7.28. The van der Waals surface area contributed by atoms with Crippen molar-refractivity contribution in [2.45, 2.75) is 64.4 Å². The Balaban J connectivity index is 2.01. The number of aliphatic hydroxyl groups is 1. The number of unbranched alkanes of at least 4 members (excludes halogenated alkanes) is 6. The first-order valence-corrected chi connectivity index (χ1v) is 8.16. The molecule has 114 valence electrons. The van der Waals surface area contributed by atoms with E-state index in [1.165, 1.54) is 38.5 Å². The first-order valence-electron chi connectivity index (χ1n) is 7.78. The lowest BCUT2D eigenvalue weighted by Crippen LogP contribution is -2.17. The Labute approximate surface area is 128 Å². The smallest absolute Gasteiger partial charge is 0.120 e. The molecular formula is C17H27ClO2. The maximum absolute atomic E-state index is 9.86. The molecule has 0 aromatic heterocycles. The second kappa shape index (κ2) is 11.0. The van der Waals surface area contributed by atoms with Crippen LogP contribution in [0.25, 0.3) is 0 Å². The zero-order valence-electron chi connectivity index (χ0n) is 12.5. The molecule has 1 atom stereocenters. The van der Waals surface area contributed by atoms with E-state index < -0.39 is 0 Å². The molecule has 0 aliphatic rings. The zero-order valence-corrected chi connectivity index (χ0v) is 13.2. The molecule has 1 aromatic rings. The van der Waals surface area contributed by atoms with Crippen molar-refractivity contribution in [3.63, 3.8) is 0 Å². The highest BCUT2D eigenvalue weighted by atomic mass is 35.5. The first-order chi connectivity index (χ1) is 9.72. The lowest BCUT2D eigenvalue weighted by molar-refractivity contribution is 0.0975. The van der Waals surface area contributed by atoms with Crippen LogP contribution in [-0.4, -0.2) is 17.8 Å². The largest absolute Gasteiger partial charge is 0.491 e. The highest BCUT2D eigenvalue weighted by Crippen LogP contribution is 2.17. The predicted molar refractivity (Wildman–Crippen MR) is 85.6 cm³/mol. The normalized spacial score (nSPS) is 12.3. The number of hydrogen-bond acceptors (Lipinski definition) is 2. The van der Waals surface area contributed by atoms with Gasteiger partial charge < -0.3 is 9.84 Å².